The maximum absolute atomic E-state index is 12.2. The molecular weight excluding hydrogens is 280 g/mol. The van der Waals surface area contributed by atoms with Gasteiger partial charge in [0.1, 0.15) is 0 Å². The molecule has 0 aliphatic carbocycles. The van der Waals surface area contributed by atoms with Crippen molar-refractivity contribution in [2.24, 2.45) is 0 Å². The number of sulfonamides is 1. The van der Waals surface area contributed by atoms with Crippen LogP contribution in [-0.2, 0) is 10.0 Å². The molecule has 0 aromatic heterocycles. The molecule has 0 bridgehead atoms. The molecule has 6 heteroatoms. The fourth-order valence-corrected chi connectivity index (χ4v) is 3.22. The minimum Gasteiger partial charge on any atom is -0.315 e. The second-order valence-corrected chi connectivity index (χ2v) is 7.31. The molecule has 0 radical (unpaired) electrons. The molecule has 2 N–H and O–H groups in total. The van der Waals surface area contributed by atoms with Crippen LogP contribution >= 0.6 is 11.8 Å². The summed E-state index contributed by atoms with van der Waals surface area (Å²) < 4.78 is 27.1. The van der Waals surface area contributed by atoms with Crippen LogP contribution < -0.4 is 10.0 Å². The van der Waals surface area contributed by atoms with Crippen LogP contribution in [0.15, 0.2) is 29.2 Å². The predicted octanol–water partition coefficient (Wildman–Crippen LogP) is 2.54. The highest BCUT2D eigenvalue weighted by atomic mass is 32.2. The standard InChI is InChI=1S/C13H22N2O2S2/c1-4-9-14-10-11(2)19(16,17)15-12-7-5-6-8-13(12)18-3/h5-8,11,14-15H,4,9-10H2,1-3H3. The Morgan fingerprint density at radius 3 is 2.63 bits per heavy atom. The summed E-state index contributed by atoms with van der Waals surface area (Å²) in [5, 5.41) is 2.67. The van der Waals surface area contributed by atoms with Gasteiger partial charge in [-0.15, -0.1) is 11.8 Å². The summed E-state index contributed by atoms with van der Waals surface area (Å²) in [4.78, 5) is 0.930. The lowest BCUT2D eigenvalue weighted by molar-refractivity contribution is 0.575. The fourth-order valence-electron chi connectivity index (χ4n) is 1.57. The zero-order chi connectivity index (χ0) is 14.3. The Kier molecular flexibility index (Phi) is 6.68. The molecule has 1 rings (SSSR count). The van der Waals surface area contributed by atoms with E-state index in [9.17, 15) is 8.42 Å². The second kappa shape index (κ2) is 7.77. The number of thioether (sulfide) groups is 1. The van der Waals surface area contributed by atoms with Crippen molar-refractivity contribution in [3.63, 3.8) is 0 Å². The van der Waals surface area contributed by atoms with Gasteiger partial charge in [-0.1, -0.05) is 19.1 Å². The first-order chi connectivity index (χ1) is 9.01. The highest BCUT2D eigenvalue weighted by Gasteiger charge is 2.21. The van der Waals surface area contributed by atoms with Crippen LogP contribution in [0, 0.1) is 0 Å². The van der Waals surface area contributed by atoms with E-state index >= 15 is 0 Å². The molecule has 0 heterocycles. The van der Waals surface area contributed by atoms with Crippen molar-refractivity contribution in [3.05, 3.63) is 24.3 Å². The zero-order valence-corrected chi connectivity index (χ0v) is 13.3. The number of hydrogen-bond donors (Lipinski definition) is 2. The summed E-state index contributed by atoms with van der Waals surface area (Å²) in [5.41, 5.74) is 0.650. The topological polar surface area (TPSA) is 58.2 Å². The van der Waals surface area contributed by atoms with Crippen molar-refractivity contribution in [2.45, 2.75) is 30.4 Å². The highest BCUT2D eigenvalue weighted by Crippen LogP contribution is 2.26. The molecule has 108 valence electrons. The minimum absolute atomic E-state index is 0.463. The van der Waals surface area contributed by atoms with E-state index in [0.29, 0.717) is 12.2 Å². The van der Waals surface area contributed by atoms with Gasteiger partial charge in [-0.3, -0.25) is 4.72 Å². The highest BCUT2D eigenvalue weighted by molar-refractivity contribution is 7.99. The van der Waals surface area contributed by atoms with E-state index < -0.39 is 15.3 Å². The first-order valence-electron chi connectivity index (χ1n) is 6.36. The van der Waals surface area contributed by atoms with Gasteiger partial charge >= 0.3 is 0 Å². The monoisotopic (exact) mass is 302 g/mol. The molecule has 19 heavy (non-hydrogen) atoms. The Labute approximate surface area is 120 Å². The minimum atomic E-state index is -3.35. The van der Waals surface area contributed by atoms with Gasteiger partial charge in [-0.25, -0.2) is 8.42 Å². The summed E-state index contributed by atoms with van der Waals surface area (Å²) in [6.07, 6.45) is 2.93. The van der Waals surface area contributed by atoms with E-state index in [1.807, 2.05) is 24.5 Å². The van der Waals surface area contributed by atoms with Crippen LogP contribution in [0.3, 0.4) is 0 Å². The van der Waals surface area contributed by atoms with Crippen LogP contribution in [0.1, 0.15) is 20.3 Å². The average Bonchev–Trinajstić information content (AvgIpc) is 2.39. The second-order valence-electron chi connectivity index (χ2n) is 4.36. The van der Waals surface area contributed by atoms with Crippen molar-refractivity contribution < 1.29 is 8.42 Å². The maximum atomic E-state index is 12.2. The smallest absolute Gasteiger partial charge is 0.236 e. The van der Waals surface area contributed by atoms with Crippen molar-refractivity contribution in [1.82, 2.24) is 5.32 Å². The van der Waals surface area contributed by atoms with E-state index in [2.05, 4.69) is 17.0 Å². The van der Waals surface area contributed by atoms with Gasteiger partial charge in [0.25, 0.3) is 0 Å². The average molecular weight is 302 g/mol. The van der Waals surface area contributed by atoms with Gasteiger partial charge in [0.2, 0.25) is 10.0 Å². The number of para-hydroxylation sites is 1. The summed E-state index contributed by atoms with van der Waals surface area (Å²) in [6.45, 7) is 5.07. The Bertz CT molecular complexity index is 489. The van der Waals surface area contributed by atoms with Crippen LogP contribution in [0.25, 0.3) is 0 Å². The molecule has 1 atom stereocenters. The Hall–Kier alpha value is -0.720. The van der Waals surface area contributed by atoms with Gasteiger partial charge in [-0.2, -0.15) is 0 Å². The lowest BCUT2D eigenvalue weighted by atomic mass is 10.3. The summed E-state index contributed by atoms with van der Waals surface area (Å²) >= 11 is 1.53. The molecule has 0 spiro atoms. The van der Waals surface area contributed by atoms with Gasteiger partial charge in [0, 0.05) is 11.4 Å². The summed E-state index contributed by atoms with van der Waals surface area (Å²) in [6, 6.07) is 7.42. The molecule has 1 aromatic carbocycles. The van der Waals surface area contributed by atoms with Crippen molar-refractivity contribution in [1.29, 1.82) is 0 Å². The lowest BCUT2D eigenvalue weighted by Crippen LogP contribution is -2.35. The third kappa shape index (κ3) is 5.04. The van der Waals surface area contributed by atoms with E-state index in [1.54, 1.807) is 13.0 Å². The zero-order valence-electron chi connectivity index (χ0n) is 11.6. The molecular formula is C13H22N2O2S2. The molecule has 1 unspecified atom stereocenters. The van der Waals surface area contributed by atoms with Gasteiger partial charge < -0.3 is 5.32 Å². The summed E-state index contributed by atoms with van der Waals surface area (Å²) in [5.74, 6) is 0. The Balaban J connectivity index is 2.73. The Morgan fingerprint density at radius 1 is 1.32 bits per heavy atom. The molecule has 0 saturated carbocycles. The van der Waals surface area contributed by atoms with Crippen molar-refractivity contribution >= 4 is 27.5 Å². The number of anilines is 1. The maximum Gasteiger partial charge on any atom is 0.236 e. The Morgan fingerprint density at radius 2 is 2.00 bits per heavy atom. The number of rotatable bonds is 8. The predicted molar refractivity (Wildman–Crippen MR) is 83.4 cm³/mol. The molecule has 0 aliphatic rings. The SMILES string of the molecule is CCCNCC(C)S(=O)(=O)Nc1ccccc1SC. The largest absolute Gasteiger partial charge is 0.315 e. The number of hydrogen-bond acceptors (Lipinski definition) is 4. The first kappa shape index (κ1) is 16.3. The molecule has 0 fully saturated rings. The molecule has 0 amide bonds. The van der Waals surface area contributed by atoms with Crippen molar-refractivity contribution in [2.75, 3.05) is 24.1 Å². The molecule has 0 aliphatic heterocycles. The van der Waals surface area contributed by atoms with Gasteiger partial charge in [-0.05, 0) is 38.3 Å². The quantitative estimate of drug-likeness (QED) is 0.572. The van der Waals surface area contributed by atoms with E-state index in [4.69, 9.17) is 0 Å². The van der Waals surface area contributed by atoms with Crippen LogP contribution in [0.4, 0.5) is 5.69 Å². The van der Waals surface area contributed by atoms with Crippen LogP contribution in [0.5, 0.6) is 0 Å². The van der Waals surface area contributed by atoms with Crippen LogP contribution in [-0.4, -0.2) is 33.0 Å². The third-order valence-electron chi connectivity index (χ3n) is 2.75. The molecule has 1 aromatic rings. The van der Waals surface area contributed by atoms with E-state index in [1.165, 1.54) is 11.8 Å². The molecule has 0 saturated heterocycles. The number of benzene rings is 1. The first-order valence-corrected chi connectivity index (χ1v) is 9.13. The third-order valence-corrected chi connectivity index (χ3v) is 5.27. The summed E-state index contributed by atoms with van der Waals surface area (Å²) in [7, 11) is -3.35. The number of nitrogens with one attached hydrogen (secondary N) is 2. The van der Waals surface area contributed by atoms with E-state index in [-0.39, 0.29) is 0 Å². The molecule has 4 nitrogen and oxygen atoms in total. The normalized spacial score (nSPS) is 13.2. The van der Waals surface area contributed by atoms with E-state index in [0.717, 1.165) is 17.9 Å². The van der Waals surface area contributed by atoms with Gasteiger partial charge in [0.15, 0.2) is 0 Å². The fraction of sp³-hybridized carbons (Fsp3) is 0.538. The lowest BCUT2D eigenvalue weighted by Gasteiger charge is -2.16. The van der Waals surface area contributed by atoms with Gasteiger partial charge in [0.05, 0.1) is 10.9 Å². The van der Waals surface area contributed by atoms with Crippen LogP contribution in [0.2, 0.25) is 0 Å². The van der Waals surface area contributed by atoms with Crippen molar-refractivity contribution in [3.8, 4) is 0 Å².